The molecule has 0 spiro atoms. The van der Waals surface area contributed by atoms with Crippen LogP contribution >= 0.6 is 0 Å². The van der Waals surface area contributed by atoms with Crippen molar-refractivity contribution in [2.24, 2.45) is 0 Å². The van der Waals surface area contributed by atoms with E-state index in [9.17, 15) is 18.3 Å². The number of carbonyl (C=O) groups is 1. The summed E-state index contributed by atoms with van der Waals surface area (Å²) in [6, 6.07) is 11.6. The topological polar surface area (TPSA) is 125 Å². The largest absolute Gasteiger partial charge is 0.487 e. The molecule has 3 rings (SSSR count). The van der Waals surface area contributed by atoms with Gasteiger partial charge in [0.1, 0.15) is 17.9 Å². The van der Waals surface area contributed by atoms with Gasteiger partial charge in [-0.25, -0.2) is 8.42 Å². The number of hydrogen-bond acceptors (Lipinski definition) is 6. The Labute approximate surface area is 174 Å². The van der Waals surface area contributed by atoms with Crippen LogP contribution in [0.4, 0.5) is 0 Å². The van der Waals surface area contributed by atoms with Gasteiger partial charge in [-0.3, -0.25) is 14.9 Å². The van der Waals surface area contributed by atoms with Crippen LogP contribution in [-0.4, -0.2) is 51.6 Å². The lowest BCUT2D eigenvalue weighted by Crippen LogP contribution is -2.50. The molecule has 0 aliphatic carbocycles. The van der Waals surface area contributed by atoms with Gasteiger partial charge in [-0.1, -0.05) is 12.1 Å². The van der Waals surface area contributed by atoms with E-state index in [0.717, 1.165) is 15.7 Å². The summed E-state index contributed by atoms with van der Waals surface area (Å²) in [5.74, 6) is -0.713. The number of nitrogens with zero attached hydrogens (tertiary/aromatic N) is 3. The Morgan fingerprint density at radius 3 is 2.60 bits per heavy atom. The Morgan fingerprint density at radius 2 is 2.00 bits per heavy atom. The van der Waals surface area contributed by atoms with Crippen LogP contribution in [0.5, 0.6) is 5.75 Å². The number of hydrogen-bond donors (Lipinski definition) is 2. The van der Waals surface area contributed by atoms with Gasteiger partial charge in [-0.05, 0) is 49.7 Å². The molecule has 0 saturated heterocycles. The molecule has 0 atom stereocenters. The van der Waals surface area contributed by atoms with Crippen molar-refractivity contribution in [2.45, 2.75) is 30.9 Å². The molecule has 0 unspecified atom stereocenters. The average Bonchev–Trinajstić information content (AvgIpc) is 3.27. The molecule has 0 aliphatic heterocycles. The molecule has 0 bridgehead atoms. The van der Waals surface area contributed by atoms with Crippen molar-refractivity contribution in [2.75, 3.05) is 7.05 Å². The Morgan fingerprint density at radius 1 is 1.23 bits per heavy atom. The lowest BCUT2D eigenvalue weighted by Gasteiger charge is -2.30. The summed E-state index contributed by atoms with van der Waals surface area (Å²) >= 11 is 0. The van der Waals surface area contributed by atoms with Crippen molar-refractivity contribution in [3.8, 4) is 17.1 Å². The second-order valence-electron chi connectivity index (χ2n) is 7.12. The van der Waals surface area contributed by atoms with E-state index < -0.39 is 21.5 Å². The summed E-state index contributed by atoms with van der Waals surface area (Å²) in [4.78, 5) is 15.7. The number of benzene rings is 1. The summed E-state index contributed by atoms with van der Waals surface area (Å²) in [5.41, 5.74) is 0.535. The zero-order valence-electron chi connectivity index (χ0n) is 16.7. The summed E-state index contributed by atoms with van der Waals surface area (Å²) in [6.45, 7) is 2.79. The first-order valence-electron chi connectivity index (χ1n) is 9.02. The fraction of sp³-hybridized carbons (Fsp3) is 0.250. The number of aromatic nitrogens is 3. The SMILES string of the molecule is CN(C(C)(C)C(=O)O)S(=O)(=O)c1cccc(COc2ccc(-c3ccn[nH]3)nc2)c1. The van der Waals surface area contributed by atoms with Crippen molar-refractivity contribution >= 4 is 16.0 Å². The molecule has 2 N–H and O–H groups in total. The normalized spacial score (nSPS) is 12.1. The maximum atomic E-state index is 12.9. The van der Waals surface area contributed by atoms with Gasteiger partial charge in [-0.2, -0.15) is 9.40 Å². The molecule has 2 aromatic heterocycles. The summed E-state index contributed by atoms with van der Waals surface area (Å²) in [7, 11) is -2.75. The number of nitrogens with one attached hydrogen (secondary N) is 1. The Bertz CT molecular complexity index is 1130. The number of sulfonamides is 1. The zero-order chi connectivity index (χ0) is 21.9. The minimum atomic E-state index is -4.00. The van der Waals surface area contributed by atoms with Crippen molar-refractivity contribution in [1.82, 2.24) is 19.5 Å². The van der Waals surface area contributed by atoms with Crippen molar-refractivity contribution < 1.29 is 23.1 Å². The molecule has 10 heteroatoms. The maximum Gasteiger partial charge on any atom is 0.324 e. The van der Waals surface area contributed by atoms with Crippen molar-refractivity contribution in [3.05, 3.63) is 60.4 Å². The monoisotopic (exact) mass is 430 g/mol. The van der Waals surface area contributed by atoms with Crippen molar-refractivity contribution in [1.29, 1.82) is 0 Å². The highest BCUT2D eigenvalue weighted by Gasteiger charge is 2.40. The van der Waals surface area contributed by atoms with Crippen LogP contribution in [0.1, 0.15) is 19.4 Å². The Kier molecular flexibility index (Phi) is 5.90. The zero-order valence-corrected chi connectivity index (χ0v) is 17.5. The number of carboxylic acid groups (broad SMARTS) is 1. The van der Waals surface area contributed by atoms with E-state index in [0.29, 0.717) is 11.3 Å². The lowest BCUT2D eigenvalue weighted by molar-refractivity contribution is -0.145. The highest BCUT2D eigenvalue weighted by molar-refractivity contribution is 7.89. The van der Waals surface area contributed by atoms with E-state index in [1.54, 1.807) is 42.7 Å². The van der Waals surface area contributed by atoms with E-state index in [2.05, 4.69) is 15.2 Å². The number of likely N-dealkylation sites (N-methyl/N-ethyl adjacent to an activating group) is 1. The van der Waals surface area contributed by atoms with Crippen LogP contribution in [0.25, 0.3) is 11.4 Å². The van der Waals surface area contributed by atoms with E-state index in [-0.39, 0.29) is 11.5 Å². The summed E-state index contributed by atoms with van der Waals surface area (Å²) in [6.07, 6.45) is 3.21. The number of aliphatic carboxylic acids is 1. The fourth-order valence-corrected chi connectivity index (χ4v) is 4.13. The maximum absolute atomic E-state index is 12.9. The van der Waals surface area contributed by atoms with Crippen LogP contribution < -0.4 is 4.74 Å². The Balaban J connectivity index is 1.73. The van der Waals surface area contributed by atoms with Crippen LogP contribution in [0.2, 0.25) is 0 Å². The van der Waals surface area contributed by atoms with Crippen molar-refractivity contribution in [3.63, 3.8) is 0 Å². The van der Waals surface area contributed by atoms with Gasteiger partial charge in [0, 0.05) is 13.2 Å². The van der Waals surface area contributed by atoms with Crippen LogP contribution in [0, 0.1) is 0 Å². The summed E-state index contributed by atoms with van der Waals surface area (Å²) < 4.78 is 32.3. The Hall–Kier alpha value is -3.24. The molecule has 0 amide bonds. The third kappa shape index (κ3) is 4.34. The standard InChI is InChI=1S/C20H22N4O5S/c1-20(2,19(25)26)24(3)30(27,28)16-6-4-5-14(11-16)13-29-15-7-8-17(21-12-15)18-9-10-22-23-18/h4-12H,13H2,1-3H3,(H,22,23)(H,25,26). The molecule has 30 heavy (non-hydrogen) atoms. The quantitative estimate of drug-likeness (QED) is 0.562. The molecule has 2 heterocycles. The number of rotatable bonds is 8. The summed E-state index contributed by atoms with van der Waals surface area (Å²) in [5, 5.41) is 16.0. The number of H-pyrrole nitrogens is 1. The molecular formula is C20H22N4O5S. The first-order valence-corrected chi connectivity index (χ1v) is 10.5. The van der Waals surface area contributed by atoms with Crippen LogP contribution in [-0.2, 0) is 21.4 Å². The number of pyridine rings is 1. The van der Waals surface area contributed by atoms with Gasteiger partial charge in [0.25, 0.3) is 0 Å². The predicted octanol–water partition coefficient (Wildman–Crippen LogP) is 2.53. The first-order chi connectivity index (χ1) is 14.1. The number of aromatic amines is 1. The highest BCUT2D eigenvalue weighted by Crippen LogP contribution is 2.24. The third-order valence-electron chi connectivity index (χ3n) is 4.79. The minimum Gasteiger partial charge on any atom is -0.487 e. The predicted molar refractivity (Wildman–Crippen MR) is 109 cm³/mol. The molecule has 0 fully saturated rings. The fourth-order valence-electron chi connectivity index (χ4n) is 2.58. The molecule has 3 aromatic rings. The molecule has 0 radical (unpaired) electrons. The third-order valence-corrected chi connectivity index (χ3v) is 6.81. The van der Waals surface area contributed by atoms with E-state index >= 15 is 0 Å². The molecule has 158 valence electrons. The second kappa shape index (κ2) is 8.25. The second-order valence-corrected chi connectivity index (χ2v) is 9.09. The van der Waals surface area contributed by atoms with Crippen LogP contribution in [0.15, 0.2) is 59.8 Å². The molecular weight excluding hydrogens is 408 g/mol. The van der Waals surface area contributed by atoms with E-state index in [1.807, 2.05) is 0 Å². The molecule has 9 nitrogen and oxygen atoms in total. The van der Waals surface area contributed by atoms with Gasteiger partial charge >= 0.3 is 5.97 Å². The van der Waals surface area contributed by atoms with Gasteiger partial charge in [0.15, 0.2) is 0 Å². The van der Waals surface area contributed by atoms with E-state index in [4.69, 9.17) is 4.74 Å². The molecule has 0 aliphatic rings. The highest BCUT2D eigenvalue weighted by atomic mass is 32.2. The smallest absolute Gasteiger partial charge is 0.324 e. The van der Waals surface area contributed by atoms with E-state index in [1.165, 1.54) is 33.0 Å². The average molecular weight is 430 g/mol. The number of carboxylic acids is 1. The lowest BCUT2D eigenvalue weighted by atomic mass is 10.1. The van der Waals surface area contributed by atoms with Gasteiger partial charge in [0.2, 0.25) is 10.0 Å². The first kappa shape index (κ1) is 21.5. The van der Waals surface area contributed by atoms with Gasteiger partial charge in [-0.15, -0.1) is 0 Å². The molecule has 1 aromatic carbocycles. The minimum absolute atomic E-state index is 0.00635. The molecule has 0 saturated carbocycles. The van der Waals surface area contributed by atoms with Crippen LogP contribution in [0.3, 0.4) is 0 Å². The van der Waals surface area contributed by atoms with Gasteiger partial charge in [0.05, 0.1) is 22.5 Å². The van der Waals surface area contributed by atoms with Gasteiger partial charge < -0.3 is 9.84 Å². The number of ether oxygens (including phenoxy) is 1.